The van der Waals surface area contributed by atoms with Crippen molar-refractivity contribution in [1.29, 1.82) is 0 Å². The third-order valence-corrected chi connectivity index (χ3v) is 4.91. The van der Waals surface area contributed by atoms with Crippen LogP contribution in [0.2, 0.25) is 0 Å². The van der Waals surface area contributed by atoms with Gasteiger partial charge in [0.1, 0.15) is 5.75 Å². The molecule has 0 heterocycles. The van der Waals surface area contributed by atoms with Gasteiger partial charge in [-0.05, 0) is 35.4 Å². The fourth-order valence-corrected chi connectivity index (χ4v) is 3.24. The molecule has 0 radical (unpaired) electrons. The number of allylic oxidation sites excluding steroid dienone is 1. The van der Waals surface area contributed by atoms with Gasteiger partial charge in [0, 0.05) is 17.8 Å². The monoisotopic (exact) mass is 445 g/mol. The fourth-order valence-electron chi connectivity index (χ4n) is 3.24. The van der Waals surface area contributed by atoms with E-state index in [0.29, 0.717) is 28.6 Å². The molecule has 0 unspecified atom stereocenters. The molecule has 6 heteroatoms. The van der Waals surface area contributed by atoms with Crippen LogP contribution in [-0.2, 0) is 0 Å². The SMILES string of the molecule is COc1ccc(/C=C\c2cc(OC)c(OC)c(OC)c2)cc1N/C=C\C(=O)c1ccccc1. The molecule has 3 aromatic rings. The lowest BCUT2D eigenvalue weighted by Gasteiger charge is -2.13. The average molecular weight is 446 g/mol. The van der Waals surface area contributed by atoms with Gasteiger partial charge < -0.3 is 24.3 Å². The van der Waals surface area contributed by atoms with E-state index in [0.717, 1.165) is 16.8 Å². The molecule has 0 amide bonds. The van der Waals surface area contributed by atoms with E-state index in [1.165, 1.54) is 6.08 Å². The normalized spacial score (nSPS) is 10.9. The highest BCUT2D eigenvalue weighted by Gasteiger charge is 2.12. The summed E-state index contributed by atoms with van der Waals surface area (Å²) < 4.78 is 21.6. The number of hydrogen-bond acceptors (Lipinski definition) is 6. The summed E-state index contributed by atoms with van der Waals surface area (Å²) in [5.41, 5.74) is 3.20. The maximum atomic E-state index is 12.3. The first kappa shape index (κ1) is 23.5. The second-order valence-electron chi connectivity index (χ2n) is 6.96. The van der Waals surface area contributed by atoms with Gasteiger partial charge in [-0.3, -0.25) is 4.79 Å². The maximum absolute atomic E-state index is 12.3. The summed E-state index contributed by atoms with van der Waals surface area (Å²) in [5, 5.41) is 3.14. The minimum atomic E-state index is -0.0829. The van der Waals surface area contributed by atoms with Crippen LogP contribution in [0.5, 0.6) is 23.0 Å². The average Bonchev–Trinajstić information content (AvgIpc) is 2.87. The third-order valence-electron chi connectivity index (χ3n) is 4.91. The molecule has 0 aliphatic carbocycles. The van der Waals surface area contributed by atoms with Crippen LogP contribution in [0, 0.1) is 0 Å². The van der Waals surface area contributed by atoms with Crippen molar-refractivity contribution in [2.45, 2.75) is 0 Å². The third kappa shape index (κ3) is 5.95. The number of hydrogen-bond donors (Lipinski definition) is 1. The highest BCUT2D eigenvalue weighted by Crippen LogP contribution is 2.38. The number of carbonyl (C=O) groups is 1. The molecule has 0 aromatic heterocycles. The van der Waals surface area contributed by atoms with Gasteiger partial charge in [-0.2, -0.15) is 0 Å². The molecule has 1 N–H and O–H groups in total. The van der Waals surface area contributed by atoms with Gasteiger partial charge >= 0.3 is 0 Å². The number of nitrogens with one attached hydrogen (secondary N) is 1. The van der Waals surface area contributed by atoms with Crippen LogP contribution >= 0.6 is 0 Å². The predicted molar refractivity (Wildman–Crippen MR) is 132 cm³/mol. The Bertz CT molecular complexity index is 1130. The van der Waals surface area contributed by atoms with Crippen molar-refractivity contribution in [3.63, 3.8) is 0 Å². The fraction of sp³-hybridized carbons (Fsp3) is 0.148. The van der Waals surface area contributed by atoms with Gasteiger partial charge in [-0.25, -0.2) is 0 Å². The van der Waals surface area contributed by atoms with E-state index >= 15 is 0 Å². The first-order chi connectivity index (χ1) is 16.1. The standard InChI is InChI=1S/C27H27NO5/c1-30-24-13-12-19(10-11-20-17-25(31-2)27(33-4)26(18-20)32-3)16-22(24)28-15-14-23(29)21-8-6-5-7-9-21/h5-18,28H,1-4H3/b11-10-,15-14-. The number of ether oxygens (including phenoxy) is 4. The Kier molecular flexibility index (Phi) is 8.13. The van der Waals surface area contributed by atoms with E-state index < -0.39 is 0 Å². The molecule has 0 saturated carbocycles. The summed E-state index contributed by atoms with van der Waals surface area (Å²) in [6.45, 7) is 0. The quantitative estimate of drug-likeness (QED) is 0.245. The van der Waals surface area contributed by atoms with Crippen LogP contribution in [0.4, 0.5) is 5.69 Å². The van der Waals surface area contributed by atoms with E-state index in [1.54, 1.807) is 46.8 Å². The Balaban J connectivity index is 1.80. The Hall–Kier alpha value is -4.19. The second kappa shape index (κ2) is 11.4. The van der Waals surface area contributed by atoms with E-state index in [9.17, 15) is 4.79 Å². The van der Waals surface area contributed by atoms with Gasteiger partial charge in [-0.15, -0.1) is 0 Å². The van der Waals surface area contributed by atoms with Crippen molar-refractivity contribution in [2.24, 2.45) is 0 Å². The van der Waals surface area contributed by atoms with Gasteiger partial charge in [0.15, 0.2) is 17.3 Å². The molecule has 3 rings (SSSR count). The van der Waals surface area contributed by atoms with Gasteiger partial charge in [0.25, 0.3) is 0 Å². The molecule has 0 atom stereocenters. The highest BCUT2D eigenvalue weighted by atomic mass is 16.5. The molecule has 0 bridgehead atoms. The van der Waals surface area contributed by atoms with Crippen LogP contribution in [0.15, 0.2) is 72.9 Å². The summed E-state index contributed by atoms with van der Waals surface area (Å²) >= 11 is 0. The maximum Gasteiger partial charge on any atom is 0.203 e. The minimum absolute atomic E-state index is 0.0829. The second-order valence-corrected chi connectivity index (χ2v) is 6.96. The topological polar surface area (TPSA) is 66.0 Å². The van der Waals surface area contributed by atoms with Crippen LogP contribution in [0.3, 0.4) is 0 Å². The lowest BCUT2D eigenvalue weighted by molar-refractivity contribution is 0.104. The van der Waals surface area contributed by atoms with Crippen LogP contribution < -0.4 is 24.3 Å². The summed E-state index contributed by atoms with van der Waals surface area (Å²) in [5.74, 6) is 2.30. The highest BCUT2D eigenvalue weighted by molar-refractivity contribution is 6.04. The largest absolute Gasteiger partial charge is 0.495 e. The zero-order chi connectivity index (χ0) is 23.6. The van der Waals surface area contributed by atoms with E-state index in [2.05, 4.69) is 5.32 Å². The van der Waals surface area contributed by atoms with Gasteiger partial charge in [0.2, 0.25) is 5.75 Å². The summed E-state index contributed by atoms with van der Waals surface area (Å²) in [6, 6.07) is 18.6. The van der Waals surface area contributed by atoms with Crippen molar-refractivity contribution in [2.75, 3.05) is 33.8 Å². The predicted octanol–water partition coefficient (Wildman–Crippen LogP) is 5.70. The molecular weight excluding hydrogens is 418 g/mol. The molecule has 3 aromatic carbocycles. The number of carbonyl (C=O) groups excluding carboxylic acids is 1. The van der Waals surface area contributed by atoms with E-state index in [1.807, 2.05) is 60.7 Å². The Morgan fingerprint density at radius 2 is 1.36 bits per heavy atom. The van der Waals surface area contributed by atoms with Gasteiger partial charge in [-0.1, -0.05) is 48.6 Å². The van der Waals surface area contributed by atoms with Crippen molar-refractivity contribution >= 4 is 23.6 Å². The van der Waals surface area contributed by atoms with E-state index in [4.69, 9.17) is 18.9 Å². The Morgan fingerprint density at radius 3 is 1.97 bits per heavy atom. The van der Waals surface area contributed by atoms with E-state index in [-0.39, 0.29) is 5.78 Å². The molecule has 0 saturated heterocycles. The van der Waals surface area contributed by atoms with Crippen molar-refractivity contribution in [3.8, 4) is 23.0 Å². The first-order valence-corrected chi connectivity index (χ1v) is 10.3. The van der Waals surface area contributed by atoms with Crippen molar-refractivity contribution < 1.29 is 23.7 Å². The molecule has 0 aliphatic rings. The number of rotatable bonds is 10. The van der Waals surface area contributed by atoms with Crippen LogP contribution in [0.1, 0.15) is 21.5 Å². The van der Waals surface area contributed by atoms with Crippen LogP contribution in [0.25, 0.3) is 12.2 Å². The Morgan fingerprint density at radius 1 is 0.727 bits per heavy atom. The number of ketones is 1. The van der Waals surface area contributed by atoms with Crippen molar-refractivity contribution in [3.05, 3.63) is 89.6 Å². The lowest BCUT2D eigenvalue weighted by Crippen LogP contribution is -1.97. The number of anilines is 1. The molecule has 0 fully saturated rings. The Labute approximate surface area is 194 Å². The summed E-state index contributed by atoms with van der Waals surface area (Å²) in [6.07, 6.45) is 7.02. The first-order valence-electron chi connectivity index (χ1n) is 10.3. The van der Waals surface area contributed by atoms with Gasteiger partial charge in [0.05, 0.1) is 34.1 Å². The molecule has 33 heavy (non-hydrogen) atoms. The lowest BCUT2D eigenvalue weighted by atomic mass is 10.1. The zero-order valence-corrected chi connectivity index (χ0v) is 19.1. The molecule has 170 valence electrons. The summed E-state index contributed by atoms with van der Waals surface area (Å²) in [4.78, 5) is 12.3. The smallest absolute Gasteiger partial charge is 0.203 e. The number of methoxy groups -OCH3 is 4. The molecule has 6 nitrogen and oxygen atoms in total. The van der Waals surface area contributed by atoms with Crippen LogP contribution in [-0.4, -0.2) is 34.2 Å². The van der Waals surface area contributed by atoms with Crippen molar-refractivity contribution in [1.82, 2.24) is 0 Å². The molecular formula is C27H27NO5. The molecule has 0 aliphatic heterocycles. The zero-order valence-electron chi connectivity index (χ0n) is 19.1. The molecule has 0 spiro atoms. The number of benzene rings is 3. The minimum Gasteiger partial charge on any atom is -0.495 e. The summed E-state index contributed by atoms with van der Waals surface area (Å²) in [7, 11) is 6.35.